The zero-order valence-corrected chi connectivity index (χ0v) is 11.2. The quantitative estimate of drug-likeness (QED) is 0.803. The lowest BCUT2D eigenvalue weighted by molar-refractivity contribution is -0.130. The van der Waals surface area contributed by atoms with Gasteiger partial charge in [-0.2, -0.15) is 0 Å². The maximum absolute atomic E-state index is 12.1. The molecule has 5 nitrogen and oxygen atoms in total. The summed E-state index contributed by atoms with van der Waals surface area (Å²) in [6, 6.07) is 7.39. The Kier molecular flexibility index (Phi) is 3.87. The van der Waals surface area contributed by atoms with Crippen LogP contribution in [0, 0.1) is 0 Å². The Balaban J connectivity index is 1.55. The first kappa shape index (κ1) is 13.0. The van der Waals surface area contributed by atoms with E-state index in [-0.39, 0.29) is 12.5 Å². The number of carbonyl (C=O) groups excluding carboxylic acids is 1. The van der Waals surface area contributed by atoms with Crippen LogP contribution in [0.25, 0.3) is 0 Å². The van der Waals surface area contributed by atoms with E-state index in [0.29, 0.717) is 18.0 Å². The Bertz CT molecular complexity index is 528. The normalized spacial score (nSPS) is 21.0. The molecule has 1 atom stereocenters. The molecule has 0 bridgehead atoms. The van der Waals surface area contributed by atoms with Crippen molar-refractivity contribution in [1.29, 1.82) is 0 Å². The van der Waals surface area contributed by atoms with Gasteiger partial charge in [-0.25, -0.2) is 0 Å². The number of ether oxygens (including phenoxy) is 2. The fourth-order valence-corrected chi connectivity index (χ4v) is 2.29. The van der Waals surface area contributed by atoms with E-state index in [1.807, 2.05) is 24.3 Å². The van der Waals surface area contributed by atoms with Crippen LogP contribution >= 0.6 is 0 Å². The van der Waals surface area contributed by atoms with Crippen LogP contribution in [0.3, 0.4) is 0 Å². The van der Waals surface area contributed by atoms with Crippen LogP contribution in [-0.2, 0) is 4.79 Å². The van der Waals surface area contributed by atoms with Gasteiger partial charge in [0.1, 0.15) is 6.61 Å². The fourth-order valence-electron chi connectivity index (χ4n) is 2.29. The number of fused-ring (bicyclic) bond motifs is 1. The first-order valence-electron chi connectivity index (χ1n) is 6.88. The predicted octanol–water partition coefficient (Wildman–Crippen LogP) is 0.862. The Morgan fingerprint density at radius 3 is 3.00 bits per heavy atom. The van der Waals surface area contributed by atoms with Crippen molar-refractivity contribution >= 4 is 5.91 Å². The van der Waals surface area contributed by atoms with Crippen LogP contribution in [0.4, 0.5) is 0 Å². The third-order valence-electron chi connectivity index (χ3n) is 3.45. The summed E-state index contributed by atoms with van der Waals surface area (Å²) in [6.45, 7) is 2.69. The van der Waals surface area contributed by atoms with Gasteiger partial charge in [0.05, 0.1) is 0 Å². The first-order chi connectivity index (χ1) is 9.83. The zero-order chi connectivity index (χ0) is 13.8. The average Bonchev–Trinajstić information content (AvgIpc) is 2.53. The number of para-hydroxylation sites is 2. The Morgan fingerprint density at radius 1 is 1.35 bits per heavy atom. The number of rotatable bonds is 3. The highest BCUT2D eigenvalue weighted by Crippen LogP contribution is 2.30. The van der Waals surface area contributed by atoms with Crippen LogP contribution in [0.2, 0.25) is 0 Å². The molecule has 106 valence electrons. The Hall–Kier alpha value is -2.01. The average molecular weight is 274 g/mol. The minimum Gasteiger partial charge on any atom is -0.485 e. The highest BCUT2D eigenvalue weighted by molar-refractivity contribution is 5.82. The minimum absolute atomic E-state index is 0.126. The lowest BCUT2D eigenvalue weighted by atomic mass is 10.1. The van der Waals surface area contributed by atoms with Crippen molar-refractivity contribution in [3.63, 3.8) is 0 Å². The van der Waals surface area contributed by atoms with E-state index in [1.54, 1.807) is 0 Å². The van der Waals surface area contributed by atoms with Crippen molar-refractivity contribution in [2.24, 2.45) is 0 Å². The number of nitrogens with one attached hydrogen (secondary N) is 2. The summed E-state index contributed by atoms with van der Waals surface area (Å²) in [5, 5.41) is 6.16. The Morgan fingerprint density at radius 2 is 2.20 bits per heavy atom. The summed E-state index contributed by atoms with van der Waals surface area (Å²) in [5.41, 5.74) is 1.26. The lowest BCUT2D eigenvalue weighted by Gasteiger charge is -2.26. The van der Waals surface area contributed by atoms with E-state index < -0.39 is 6.10 Å². The monoisotopic (exact) mass is 274 g/mol. The first-order valence-corrected chi connectivity index (χ1v) is 6.88. The summed E-state index contributed by atoms with van der Waals surface area (Å²) in [6.07, 6.45) is 2.52. The molecule has 0 unspecified atom stereocenters. The molecule has 2 aliphatic heterocycles. The molecule has 5 heteroatoms. The molecule has 1 aromatic carbocycles. The van der Waals surface area contributed by atoms with E-state index >= 15 is 0 Å². The molecule has 0 aliphatic carbocycles. The van der Waals surface area contributed by atoms with Gasteiger partial charge in [-0.15, -0.1) is 0 Å². The van der Waals surface area contributed by atoms with Gasteiger partial charge < -0.3 is 20.1 Å². The molecule has 2 N–H and O–H groups in total. The highest BCUT2D eigenvalue weighted by Gasteiger charge is 2.27. The second-order valence-electron chi connectivity index (χ2n) is 4.90. The largest absolute Gasteiger partial charge is 0.485 e. The molecule has 0 radical (unpaired) electrons. The van der Waals surface area contributed by atoms with E-state index in [1.165, 1.54) is 5.57 Å². The number of benzene rings is 1. The molecule has 2 aliphatic rings. The van der Waals surface area contributed by atoms with Gasteiger partial charge in [-0.05, 0) is 25.1 Å². The van der Waals surface area contributed by atoms with Gasteiger partial charge in [-0.3, -0.25) is 4.79 Å². The van der Waals surface area contributed by atoms with Crippen LogP contribution in [-0.4, -0.2) is 38.3 Å². The van der Waals surface area contributed by atoms with Gasteiger partial charge >= 0.3 is 0 Å². The van der Waals surface area contributed by atoms with E-state index in [2.05, 4.69) is 16.7 Å². The second kappa shape index (κ2) is 5.96. The molecule has 1 amide bonds. The smallest absolute Gasteiger partial charge is 0.264 e. The topological polar surface area (TPSA) is 59.6 Å². The summed E-state index contributed by atoms with van der Waals surface area (Å²) in [4.78, 5) is 12.1. The third kappa shape index (κ3) is 2.93. The fraction of sp³-hybridized carbons (Fsp3) is 0.400. The van der Waals surface area contributed by atoms with Crippen molar-refractivity contribution in [2.75, 3.05) is 26.2 Å². The zero-order valence-electron chi connectivity index (χ0n) is 11.2. The van der Waals surface area contributed by atoms with Crippen LogP contribution in [0.15, 0.2) is 35.9 Å². The van der Waals surface area contributed by atoms with Crippen molar-refractivity contribution in [3.05, 3.63) is 35.9 Å². The van der Waals surface area contributed by atoms with E-state index in [9.17, 15) is 4.79 Å². The van der Waals surface area contributed by atoms with Gasteiger partial charge in [0.2, 0.25) is 6.10 Å². The van der Waals surface area contributed by atoms with Crippen LogP contribution < -0.4 is 20.1 Å². The maximum atomic E-state index is 12.1. The maximum Gasteiger partial charge on any atom is 0.264 e. The summed E-state index contributed by atoms with van der Waals surface area (Å²) < 4.78 is 11.2. The molecule has 20 heavy (non-hydrogen) atoms. The third-order valence-corrected chi connectivity index (χ3v) is 3.45. The van der Waals surface area contributed by atoms with Crippen molar-refractivity contribution in [2.45, 2.75) is 12.5 Å². The molecule has 0 saturated carbocycles. The molecular weight excluding hydrogens is 256 g/mol. The van der Waals surface area contributed by atoms with Gasteiger partial charge in [0.15, 0.2) is 11.5 Å². The lowest BCUT2D eigenvalue weighted by Crippen LogP contribution is -2.44. The van der Waals surface area contributed by atoms with Crippen LogP contribution in [0.1, 0.15) is 6.42 Å². The summed E-state index contributed by atoms with van der Waals surface area (Å²) >= 11 is 0. The van der Waals surface area contributed by atoms with Gasteiger partial charge in [-0.1, -0.05) is 23.8 Å². The van der Waals surface area contributed by atoms with E-state index in [4.69, 9.17) is 9.47 Å². The van der Waals surface area contributed by atoms with E-state index in [0.717, 1.165) is 19.5 Å². The molecule has 2 heterocycles. The molecule has 0 aromatic heterocycles. The van der Waals surface area contributed by atoms with Crippen molar-refractivity contribution < 1.29 is 14.3 Å². The molecule has 1 aromatic rings. The highest BCUT2D eigenvalue weighted by atomic mass is 16.6. The second-order valence-corrected chi connectivity index (χ2v) is 4.90. The number of hydrogen-bond donors (Lipinski definition) is 2. The molecule has 3 rings (SSSR count). The summed E-state index contributed by atoms with van der Waals surface area (Å²) in [5.74, 6) is 1.19. The molecular formula is C15H18N2O3. The predicted molar refractivity (Wildman–Crippen MR) is 74.9 cm³/mol. The SMILES string of the molecule is O=C(NCC1=CCNCC1)[C@@H]1COc2ccccc2O1. The van der Waals surface area contributed by atoms with Gasteiger partial charge in [0, 0.05) is 13.1 Å². The number of carbonyl (C=O) groups is 1. The standard InChI is InChI=1S/C15H18N2O3/c18-15(17-9-11-5-7-16-8-6-11)14-10-19-12-3-1-2-4-13(12)20-14/h1-5,14,16H,6-10H2,(H,17,18)/t14-/m0/s1. The molecule has 0 fully saturated rings. The molecule has 0 saturated heterocycles. The summed E-state index contributed by atoms with van der Waals surface area (Å²) in [7, 11) is 0. The minimum atomic E-state index is -0.577. The van der Waals surface area contributed by atoms with Crippen molar-refractivity contribution in [3.8, 4) is 11.5 Å². The Labute approximate surface area is 118 Å². The number of amides is 1. The number of hydrogen-bond acceptors (Lipinski definition) is 4. The van der Waals surface area contributed by atoms with Crippen LogP contribution in [0.5, 0.6) is 11.5 Å². The van der Waals surface area contributed by atoms with Crippen molar-refractivity contribution in [1.82, 2.24) is 10.6 Å². The molecule has 0 spiro atoms. The van der Waals surface area contributed by atoms with Gasteiger partial charge in [0.25, 0.3) is 5.91 Å².